The minimum atomic E-state index is 0.577. The van der Waals surface area contributed by atoms with Gasteiger partial charge >= 0.3 is 0 Å². The van der Waals surface area contributed by atoms with Gasteiger partial charge in [-0.3, -0.25) is 0 Å². The lowest BCUT2D eigenvalue weighted by atomic mass is 10.1. The van der Waals surface area contributed by atoms with E-state index < -0.39 is 0 Å². The highest BCUT2D eigenvalue weighted by Crippen LogP contribution is 2.33. The van der Waals surface area contributed by atoms with Gasteiger partial charge in [0.1, 0.15) is 5.82 Å². The van der Waals surface area contributed by atoms with Crippen molar-refractivity contribution in [3.05, 3.63) is 11.3 Å². The van der Waals surface area contributed by atoms with E-state index >= 15 is 0 Å². The zero-order chi connectivity index (χ0) is 11.0. The van der Waals surface area contributed by atoms with E-state index in [9.17, 15) is 0 Å². The van der Waals surface area contributed by atoms with Gasteiger partial charge in [-0.15, -0.1) is 0 Å². The van der Waals surface area contributed by atoms with E-state index in [1.165, 1.54) is 56.2 Å². The summed E-state index contributed by atoms with van der Waals surface area (Å²) in [4.78, 5) is 0. The zero-order valence-corrected chi connectivity index (χ0v) is 9.91. The van der Waals surface area contributed by atoms with E-state index in [1.807, 2.05) is 0 Å². The maximum absolute atomic E-state index is 6.24. The lowest BCUT2D eigenvalue weighted by Crippen LogP contribution is -2.13. The van der Waals surface area contributed by atoms with Crippen molar-refractivity contribution in [2.24, 2.45) is 0 Å². The average molecular weight is 219 g/mol. The number of hydrogen-bond acceptors (Lipinski definition) is 2. The highest BCUT2D eigenvalue weighted by atomic mass is 15.3. The molecule has 3 nitrogen and oxygen atoms in total. The van der Waals surface area contributed by atoms with Crippen LogP contribution in [0.3, 0.4) is 0 Å². The summed E-state index contributed by atoms with van der Waals surface area (Å²) < 4.78 is 2.15. The van der Waals surface area contributed by atoms with Crippen molar-refractivity contribution in [1.29, 1.82) is 0 Å². The maximum Gasteiger partial charge on any atom is 0.125 e. The van der Waals surface area contributed by atoms with Gasteiger partial charge < -0.3 is 5.73 Å². The molecular formula is C13H21N3. The molecule has 2 aliphatic rings. The van der Waals surface area contributed by atoms with Gasteiger partial charge in [0, 0.05) is 5.56 Å². The molecular weight excluding hydrogens is 198 g/mol. The summed E-state index contributed by atoms with van der Waals surface area (Å²) in [6.45, 7) is 0. The van der Waals surface area contributed by atoms with E-state index in [1.54, 1.807) is 0 Å². The Morgan fingerprint density at radius 2 is 1.75 bits per heavy atom. The fourth-order valence-electron chi connectivity index (χ4n) is 3.22. The quantitative estimate of drug-likeness (QED) is 0.738. The standard InChI is InChI=1S/C13H21N3/c14-13-11-8-5-9-12(11)15-16(13)10-6-3-1-2-4-7-10/h10H,1-9,14H2. The smallest absolute Gasteiger partial charge is 0.125 e. The number of nitrogens with zero attached hydrogens (tertiary/aromatic N) is 2. The van der Waals surface area contributed by atoms with E-state index in [-0.39, 0.29) is 0 Å². The first-order chi connectivity index (χ1) is 7.86. The number of aryl methyl sites for hydroxylation is 1. The number of fused-ring (bicyclic) bond motifs is 1. The van der Waals surface area contributed by atoms with Crippen LogP contribution in [0.25, 0.3) is 0 Å². The van der Waals surface area contributed by atoms with Crippen LogP contribution >= 0.6 is 0 Å². The molecule has 0 amide bonds. The third-order valence-electron chi connectivity index (χ3n) is 4.14. The largest absolute Gasteiger partial charge is 0.384 e. The summed E-state index contributed by atoms with van der Waals surface area (Å²) in [5, 5.41) is 4.75. The monoisotopic (exact) mass is 219 g/mol. The molecule has 0 atom stereocenters. The second-order valence-corrected chi connectivity index (χ2v) is 5.25. The Bertz CT molecular complexity index is 373. The van der Waals surface area contributed by atoms with Gasteiger partial charge in [-0.2, -0.15) is 5.10 Å². The van der Waals surface area contributed by atoms with Crippen LogP contribution in [-0.2, 0) is 12.8 Å². The second-order valence-electron chi connectivity index (χ2n) is 5.25. The average Bonchev–Trinajstić information content (AvgIpc) is 2.74. The normalized spacial score (nSPS) is 22.0. The Hall–Kier alpha value is -0.990. The van der Waals surface area contributed by atoms with Crippen LogP contribution < -0.4 is 5.73 Å². The van der Waals surface area contributed by atoms with Crippen molar-refractivity contribution >= 4 is 5.82 Å². The Labute approximate surface area is 97.0 Å². The fraction of sp³-hybridized carbons (Fsp3) is 0.769. The van der Waals surface area contributed by atoms with Crippen molar-refractivity contribution in [1.82, 2.24) is 9.78 Å². The summed E-state index contributed by atoms with van der Waals surface area (Å²) >= 11 is 0. The van der Waals surface area contributed by atoms with Crippen LogP contribution in [0.1, 0.15) is 62.2 Å². The Morgan fingerprint density at radius 1 is 1.00 bits per heavy atom. The van der Waals surface area contributed by atoms with Crippen molar-refractivity contribution in [2.75, 3.05) is 5.73 Å². The molecule has 0 aliphatic heterocycles. The van der Waals surface area contributed by atoms with Crippen LogP contribution in [0.2, 0.25) is 0 Å². The fourth-order valence-corrected chi connectivity index (χ4v) is 3.22. The summed E-state index contributed by atoms with van der Waals surface area (Å²) in [7, 11) is 0. The molecule has 88 valence electrons. The van der Waals surface area contributed by atoms with Crippen LogP contribution in [0.4, 0.5) is 5.82 Å². The number of hydrogen-bond donors (Lipinski definition) is 1. The zero-order valence-electron chi connectivity index (χ0n) is 9.91. The molecule has 0 radical (unpaired) electrons. The summed E-state index contributed by atoms with van der Waals surface area (Å²) in [5.41, 5.74) is 8.87. The van der Waals surface area contributed by atoms with Gasteiger partial charge in [-0.05, 0) is 32.1 Å². The van der Waals surface area contributed by atoms with Gasteiger partial charge in [-0.25, -0.2) is 4.68 Å². The highest BCUT2D eigenvalue weighted by molar-refractivity contribution is 5.46. The van der Waals surface area contributed by atoms with E-state index in [4.69, 9.17) is 10.8 Å². The third kappa shape index (κ3) is 1.62. The predicted molar refractivity (Wildman–Crippen MR) is 65.4 cm³/mol. The van der Waals surface area contributed by atoms with Crippen LogP contribution in [0.15, 0.2) is 0 Å². The summed E-state index contributed by atoms with van der Waals surface area (Å²) in [6, 6.07) is 0.577. The number of nitrogen functional groups attached to an aromatic ring is 1. The Kier molecular flexibility index (Phi) is 2.62. The highest BCUT2D eigenvalue weighted by Gasteiger charge is 2.24. The third-order valence-corrected chi connectivity index (χ3v) is 4.14. The first kappa shape index (κ1) is 10.2. The molecule has 3 heteroatoms. The Morgan fingerprint density at radius 3 is 2.44 bits per heavy atom. The van der Waals surface area contributed by atoms with Crippen LogP contribution in [-0.4, -0.2) is 9.78 Å². The van der Waals surface area contributed by atoms with Crippen LogP contribution in [0.5, 0.6) is 0 Å². The maximum atomic E-state index is 6.24. The molecule has 2 N–H and O–H groups in total. The molecule has 0 aromatic carbocycles. The number of rotatable bonds is 1. The molecule has 3 rings (SSSR count). The van der Waals surface area contributed by atoms with Crippen LogP contribution in [0, 0.1) is 0 Å². The van der Waals surface area contributed by atoms with Crippen molar-refractivity contribution in [3.63, 3.8) is 0 Å². The molecule has 0 unspecified atom stereocenters. The van der Waals surface area contributed by atoms with Gasteiger partial charge in [0.25, 0.3) is 0 Å². The molecule has 1 heterocycles. The minimum Gasteiger partial charge on any atom is -0.384 e. The van der Waals surface area contributed by atoms with Gasteiger partial charge in [0.15, 0.2) is 0 Å². The van der Waals surface area contributed by atoms with Gasteiger partial charge in [-0.1, -0.05) is 25.7 Å². The molecule has 1 aromatic heterocycles. The lowest BCUT2D eigenvalue weighted by Gasteiger charge is -2.16. The molecule has 0 bridgehead atoms. The topological polar surface area (TPSA) is 43.8 Å². The first-order valence-corrected chi connectivity index (χ1v) is 6.72. The van der Waals surface area contributed by atoms with Crippen molar-refractivity contribution in [3.8, 4) is 0 Å². The van der Waals surface area contributed by atoms with Crippen molar-refractivity contribution < 1.29 is 0 Å². The van der Waals surface area contributed by atoms with E-state index in [0.717, 1.165) is 18.7 Å². The number of anilines is 1. The number of aromatic nitrogens is 2. The van der Waals surface area contributed by atoms with E-state index in [0.29, 0.717) is 6.04 Å². The van der Waals surface area contributed by atoms with Gasteiger partial charge in [0.2, 0.25) is 0 Å². The SMILES string of the molecule is Nc1c2c(nn1C1CCCCCC1)CCC2. The molecule has 0 saturated heterocycles. The second kappa shape index (κ2) is 4.11. The molecule has 2 aliphatic carbocycles. The minimum absolute atomic E-state index is 0.577. The summed E-state index contributed by atoms with van der Waals surface area (Å²) in [5.74, 6) is 0.972. The predicted octanol–water partition coefficient (Wildman–Crippen LogP) is 2.85. The van der Waals surface area contributed by atoms with E-state index in [2.05, 4.69) is 4.68 Å². The lowest BCUT2D eigenvalue weighted by molar-refractivity contribution is 0.407. The molecule has 1 saturated carbocycles. The van der Waals surface area contributed by atoms with Gasteiger partial charge in [0.05, 0.1) is 11.7 Å². The number of nitrogens with two attached hydrogens (primary N) is 1. The van der Waals surface area contributed by atoms with Crippen molar-refractivity contribution in [2.45, 2.75) is 63.8 Å². The Balaban J connectivity index is 1.88. The first-order valence-electron chi connectivity index (χ1n) is 6.72. The molecule has 1 fully saturated rings. The molecule has 16 heavy (non-hydrogen) atoms. The molecule has 1 aromatic rings. The summed E-state index contributed by atoms with van der Waals surface area (Å²) in [6.07, 6.45) is 11.5. The molecule has 0 spiro atoms.